The number of aliphatic hydroxyl groups is 4. The smallest absolute Gasteiger partial charge is 0.122 e. The second-order valence-electron chi connectivity index (χ2n) is 8.15. The van der Waals surface area contributed by atoms with Crippen molar-refractivity contribution in [2.75, 3.05) is 13.7 Å². The molecule has 5 atom stereocenters. The lowest BCUT2D eigenvalue weighted by Crippen LogP contribution is -2.55. The number of aliphatic hydroxyl groups excluding tert-OH is 4. The summed E-state index contributed by atoms with van der Waals surface area (Å²) in [5.41, 5.74) is 1.78. The summed E-state index contributed by atoms with van der Waals surface area (Å²) in [7, 11) is 1.65. The predicted octanol–water partition coefficient (Wildman–Crippen LogP) is 1.58. The Hall–Kier alpha value is -1.18. The van der Waals surface area contributed by atoms with Crippen LogP contribution in [0.5, 0.6) is 5.75 Å². The van der Waals surface area contributed by atoms with E-state index in [9.17, 15) is 20.4 Å². The largest absolute Gasteiger partial charge is 0.496 e. The van der Waals surface area contributed by atoms with Gasteiger partial charge in [-0.05, 0) is 54.4 Å². The van der Waals surface area contributed by atoms with Crippen LogP contribution in [-0.4, -0.2) is 58.6 Å². The van der Waals surface area contributed by atoms with Crippen LogP contribution in [0.2, 0.25) is 0 Å². The number of rotatable bonds is 5. The van der Waals surface area contributed by atoms with E-state index in [0.29, 0.717) is 11.5 Å². The molecular formula is C21H32O6. The molecule has 0 radical (unpaired) electrons. The van der Waals surface area contributed by atoms with Gasteiger partial charge >= 0.3 is 0 Å². The molecule has 0 spiro atoms. The summed E-state index contributed by atoms with van der Waals surface area (Å²) in [6, 6.07) is 5.62. The number of hydrogen-bond acceptors (Lipinski definition) is 6. The Labute approximate surface area is 160 Å². The van der Waals surface area contributed by atoms with Gasteiger partial charge in [0, 0.05) is 0 Å². The van der Waals surface area contributed by atoms with Gasteiger partial charge in [0.2, 0.25) is 0 Å². The van der Waals surface area contributed by atoms with E-state index >= 15 is 0 Å². The van der Waals surface area contributed by atoms with Crippen molar-refractivity contribution in [1.29, 1.82) is 0 Å². The summed E-state index contributed by atoms with van der Waals surface area (Å²) in [4.78, 5) is 0. The fourth-order valence-electron chi connectivity index (χ4n) is 4.36. The molecule has 0 unspecified atom stereocenters. The van der Waals surface area contributed by atoms with Gasteiger partial charge in [0.1, 0.15) is 36.3 Å². The molecule has 2 fully saturated rings. The van der Waals surface area contributed by atoms with Crippen molar-refractivity contribution in [2.24, 2.45) is 11.8 Å². The monoisotopic (exact) mass is 380 g/mol. The van der Waals surface area contributed by atoms with Gasteiger partial charge in [-0.2, -0.15) is 0 Å². The van der Waals surface area contributed by atoms with Crippen molar-refractivity contribution < 1.29 is 29.9 Å². The molecule has 1 aliphatic heterocycles. The van der Waals surface area contributed by atoms with Crippen LogP contribution < -0.4 is 4.74 Å². The number of ether oxygens (including phenoxy) is 2. The third-order valence-corrected chi connectivity index (χ3v) is 6.17. The molecule has 152 valence electrons. The van der Waals surface area contributed by atoms with Crippen molar-refractivity contribution in [3.63, 3.8) is 0 Å². The molecule has 1 saturated carbocycles. The molecule has 0 amide bonds. The van der Waals surface area contributed by atoms with E-state index < -0.39 is 37.1 Å². The molecule has 1 heterocycles. The Bertz CT molecular complexity index is 611. The molecule has 6 nitrogen and oxygen atoms in total. The van der Waals surface area contributed by atoms with Crippen LogP contribution in [0.25, 0.3) is 0 Å². The fraction of sp³-hybridized carbons (Fsp3) is 0.714. The van der Waals surface area contributed by atoms with Crippen molar-refractivity contribution >= 4 is 0 Å². The van der Waals surface area contributed by atoms with Crippen molar-refractivity contribution in [3.05, 3.63) is 29.3 Å². The molecule has 3 rings (SSSR count). The van der Waals surface area contributed by atoms with Crippen molar-refractivity contribution in [3.8, 4) is 5.75 Å². The maximum Gasteiger partial charge on any atom is 0.122 e. The molecule has 2 aliphatic rings. The lowest BCUT2D eigenvalue weighted by molar-refractivity contribution is -0.231. The fourth-order valence-corrected chi connectivity index (χ4v) is 4.36. The molecule has 0 aromatic heterocycles. The summed E-state index contributed by atoms with van der Waals surface area (Å²) in [5, 5.41) is 39.9. The van der Waals surface area contributed by atoms with Gasteiger partial charge in [0.25, 0.3) is 0 Å². The molecule has 4 N–H and O–H groups in total. The van der Waals surface area contributed by atoms with E-state index in [0.717, 1.165) is 23.7 Å². The first-order chi connectivity index (χ1) is 12.9. The average Bonchev–Trinajstić information content (AvgIpc) is 2.68. The van der Waals surface area contributed by atoms with Crippen LogP contribution in [0.4, 0.5) is 0 Å². The first-order valence-electron chi connectivity index (χ1n) is 9.92. The zero-order valence-corrected chi connectivity index (χ0v) is 16.1. The maximum atomic E-state index is 10.4. The van der Waals surface area contributed by atoms with E-state index in [4.69, 9.17) is 9.47 Å². The molecule has 1 saturated heterocycles. The second-order valence-corrected chi connectivity index (χ2v) is 8.15. The standard InChI is InChI=1S/C21H32O6/c1-12-3-5-13(6-4-12)9-15-10-14(7-8-16(15)26-2)21-20(25)19(24)18(23)17(11-22)27-21/h7-8,10,12-13,17-25H,3-6,9,11H2,1-2H3/t12?,13?,17-,18-,19+,20-,21+/m1/s1. The third-order valence-electron chi connectivity index (χ3n) is 6.17. The number of benzene rings is 1. The van der Waals surface area contributed by atoms with E-state index in [1.165, 1.54) is 25.7 Å². The minimum atomic E-state index is -1.37. The van der Waals surface area contributed by atoms with Crippen molar-refractivity contribution in [2.45, 2.75) is 69.5 Å². The van der Waals surface area contributed by atoms with Gasteiger partial charge in [0.05, 0.1) is 13.7 Å². The summed E-state index contributed by atoms with van der Waals surface area (Å²) in [6.07, 6.45) is 0.118. The van der Waals surface area contributed by atoms with Crippen LogP contribution in [0.1, 0.15) is 49.8 Å². The summed E-state index contributed by atoms with van der Waals surface area (Å²) in [5.74, 6) is 2.21. The normalized spacial score (nSPS) is 37.2. The summed E-state index contributed by atoms with van der Waals surface area (Å²) < 4.78 is 11.2. The summed E-state index contributed by atoms with van der Waals surface area (Å²) in [6.45, 7) is 1.88. The minimum Gasteiger partial charge on any atom is -0.496 e. The van der Waals surface area contributed by atoms with Gasteiger partial charge < -0.3 is 29.9 Å². The highest BCUT2D eigenvalue weighted by Gasteiger charge is 2.44. The lowest BCUT2D eigenvalue weighted by atomic mass is 9.79. The van der Waals surface area contributed by atoms with Gasteiger partial charge in [-0.3, -0.25) is 0 Å². The van der Waals surface area contributed by atoms with E-state index in [2.05, 4.69) is 6.92 Å². The Morgan fingerprint density at radius 2 is 1.74 bits per heavy atom. The molecule has 1 aromatic carbocycles. The van der Waals surface area contributed by atoms with Gasteiger partial charge in [0.15, 0.2) is 0 Å². The Balaban J connectivity index is 1.81. The molecule has 27 heavy (non-hydrogen) atoms. The molecule has 6 heteroatoms. The van der Waals surface area contributed by atoms with Crippen LogP contribution in [0.15, 0.2) is 18.2 Å². The lowest BCUT2D eigenvalue weighted by Gasteiger charge is -2.40. The quantitative estimate of drug-likeness (QED) is 0.619. The van der Waals surface area contributed by atoms with E-state index in [1.807, 2.05) is 12.1 Å². The highest BCUT2D eigenvalue weighted by molar-refractivity contribution is 5.39. The minimum absolute atomic E-state index is 0.426. The SMILES string of the molecule is COc1ccc([C@@H]2O[C@H](CO)[C@@H](O)[C@H](O)[C@H]2O)cc1CC1CCC(C)CC1. The third kappa shape index (κ3) is 4.46. The molecule has 1 aliphatic carbocycles. The predicted molar refractivity (Wildman–Crippen MR) is 101 cm³/mol. The van der Waals surface area contributed by atoms with E-state index in [-0.39, 0.29) is 0 Å². The van der Waals surface area contributed by atoms with Crippen LogP contribution >= 0.6 is 0 Å². The molecular weight excluding hydrogens is 348 g/mol. The Morgan fingerprint density at radius 3 is 2.37 bits per heavy atom. The first-order valence-corrected chi connectivity index (χ1v) is 9.92. The number of hydrogen-bond donors (Lipinski definition) is 4. The van der Waals surface area contributed by atoms with Gasteiger partial charge in [-0.1, -0.05) is 25.8 Å². The second kappa shape index (κ2) is 8.88. The zero-order chi connectivity index (χ0) is 19.6. The average molecular weight is 380 g/mol. The molecule has 0 bridgehead atoms. The highest BCUT2D eigenvalue weighted by atomic mass is 16.5. The maximum absolute atomic E-state index is 10.4. The molecule has 1 aromatic rings. The van der Waals surface area contributed by atoms with Gasteiger partial charge in [-0.25, -0.2) is 0 Å². The Morgan fingerprint density at radius 1 is 1.04 bits per heavy atom. The van der Waals surface area contributed by atoms with Crippen LogP contribution in [-0.2, 0) is 11.2 Å². The number of methoxy groups -OCH3 is 1. The summed E-state index contributed by atoms with van der Waals surface area (Å²) >= 11 is 0. The van der Waals surface area contributed by atoms with Crippen LogP contribution in [0.3, 0.4) is 0 Å². The topological polar surface area (TPSA) is 99.4 Å². The Kier molecular flexibility index (Phi) is 6.76. The van der Waals surface area contributed by atoms with Crippen molar-refractivity contribution in [1.82, 2.24) is 0 Å². The van der Waals surface area contributed by atoms with Crippen LogP contribution in [0, 0.1) is 11.8 Å². The first kappa shape index (κ1) is 20.6. The van der Waals surface area contributed by atoms with E-state index in [1.54, 1.807) is 13.2 Å². The van der Waals surface area contributed by atoms with Gasteiger partial charge in [-0.15, -0.1) is 0 Å². The highest BCUT2D eigenvalue weighted by Crippen LogP contribution is 2.37. The zero-order valence-electron chi connectivity index (χ0n) is 16.1.